The van der Waals surface area contributed by atoms with Gasteiger partial charge in [-0.15, -0.1) is 0 Å². The molecule has 0 spiro atoms. The van der Waals surface area contributed by atoms with Crippen molar-refractivity contribution in [1.82, 2.24) is 10.0 Å². The summed E-state index contributed by atoms with van der Waals surface area (Å²) in [7, 11) is -7.65. The number of aliphatic hydroxyl groups is 1. The zero-order valence-electron chi connectivity index (χ0n) is 23.7. The van der Waals surface area contributed by atoms with Crippen LogP contribution in [0, 0.1) is 5.92 Å². The molecule has 41 heavy (non-hydrogen) atoms. The summed E-state index contributed by atoms with van der Waals surface area (Å²) < 4.78 is 53.7. The number of nitrogens with zero attached hydrogens (tertiary/aromatic N) is 1. The van der Waals surface area contributed by atoms with Crippen molar-refractivity contribution in [3.8, 4) is 5.75 Å². The molecule has 1 aliphatic heterocycles. The zero-order valence-corrected chi connectivity index (χ0v) is 25.3. The van der Waals surface area contributed by atoms with E-state index in [1.807, 2.05) is 0 Å². The second-order valence-corrected chi connectivity index (χ2v) is 14.2. The van der Waals surface area contributed by atoms with E-state index in [2.05, 4.69) is 19.7 Å². The number of sulfonamides is 2. The molecule has 3 rings (SSSR count). The number of hydrogen-bond donors (Lipinski definition) is 6. The van der Waals surface area contributed by atoms with Crippen LogP contribution >= 0.6 is 0 Å². The van der Waals surface area contributed by atoms with Crippen LogP contribution in [-0.4, -0.2) is 75.6 Å². The van der Waals surface area contributed by atoms with Crippen LogP contribution in [0.4, 0.5) is 11.4 Å². The number of piperidine rings is 1. The van der Waals surface area contributed by atoms with E-state index in [4.69, 9.17) is 0 Å². The molecule has 1 fully saturated rings. The third kappa shape index (κ3) is 8.10. The van der Waals surface area contributed by atoms with Crippen LogP contribution in [0.1, 0.15) is 51.7 Å². The zero-order chi connectivity index (χ0) is 30.6. The fraction of sp³-hybridized carbons (Fsp3) is 0.519. The van der Waals surface area contributed by atoms with Crippen LogP contribution in [0.3, 0.4) is 0 Å². The Morgan fingerprint density at radius 2 is 1.68 bits per heavy atom. The summed E-state index contributed by atoms with van der Waals surface area (Å²) in [6, 6.07) is 10.8. The van der Waals surface area contributed by atoms with Gasteiger partial charge in [-0.1, -0.05) is 26.8 Å². The summed E-state index contributed by atoms with van der Waals surface area (Å²) in [6.07, 6.45) is 1.71. The number of phenols is 1. The van der Waals surface area contributed by atoms with Gasteiger partial charge in [-0.25, -0.2) is 16.8 Å². The van der Waals surface area contributed by atoms with E-state index in [0.29, 0.717) is 18.7 Å². The Labute approximate surface area is 241 Å². The highest BCUT2D eigenvalue weighted by molar-refractivity contribution is 7.92. The normalized spacial score (nSPS) is 17.3. The third-order valence-electron chi connectivity index (χ3n) is 7.55. The summed E-state index contributed by atoms with van der Waals surface area (Å²) in [5, 5.41) is 33.6. The predicted molar refractivity (Wildman–Crippen MR) is 157 cm³/mol. The second-order valence-electron chi connectivity index (χ2n) is 10.7. The van der Waals surface area contributed by atoms with Gasteiger partial charge in [0, 0.05) is 31.4 Å². The average molecular weight is 613 g/mol. The number of carboxylic acids is 1. The van der Waals surface area contributed by atoms with Gasteiger partial charge in [-0.05, 0) is 67.1 Å². The molecule has 0 amide bonds. The van der Waals surface area contributed by atoms with Crippen LogP contribution in [0.15, 0.2) is 47.4 Å². The quantitative estimate of drug-likeness (QED) is 0.183. The summed E-state index contributed by atoms with van der Waals surface area (Å²) in [4.78, 5) is 14.1. The lowest BCUT2D eigenvalue weighted by molar-refractivity contribution is -0.146. The summed E-state index contributed by atoms with van der Waals surface area (Å²) in [5.41, 5.74) is -0.298. The van der Waals surface area contributed by atoms with E-state index in [1.54, 1.807) is 32.9 Å². The molecule has 12 nitrogen and oxygen atoms in total. The summed E-state index contributed by atoms with van der Waals surface area (Å²) >= 11 is 0. The number of phenolic OH excluding ortho intramolecular Hbond substituents is 1. The number of aromatic hydroxyl groups is 1. The molecule has 14 heteroatoms. The molecular weight excluding hydrogens is 572 g/mol. The molecule has 0 aromatic heterocycles. The molecule has 2 atom stereocenters. The van der Waals surface area contributed by atoms with Crippen molar-refractivity contribution in [3.63, 3.8) is 0 Å². The molecule has 0 unspecified atom stereocenters. The number of anilines is 2. The third-order valence-corrected chi connectivity index (χ3v) is 9.67. The Morgan fingerprint density at radius 3 is 2.20 bits per heavy atom. The van der Waals surface area contributed by atoms with Crippen molar-refractivity contribution in [2.75, 3.05) is 35.5 Å². The monoisotopic (exact) mass is 612 g/mol. The lowest BCUT2D eigenvalue weighted by atomic mass is 9.85. The van der Waals surface area contributed by atoms with Crippen LogP contribution in [0.25, 0.3) is 0 Å². The summed E-state index contributed by atoms with van der Waals surface area (Å²) in [5.74, 6) is -1.90. The number of aliphatic carboxylic acids is 1. The van der Waals surface area contributed by atoms with Gasteiger partial charge in [0.1, 0.15) is 11.3 Å². The van der Waals surface area contributed by atoms with Gasteiger partial charge < -0.3 is 25.5 Å². The number of nitrogens with one attached hydrogen (secondary N) is 3. The van der Waals surface area contributed by atoms with E-state index in [9.17, 15) is 36.9 Å². The Balaban J connectivity index is 1.56. The summed E-state index contributed by atoms with van der Waals surface area (Å²) in [6.45, 7) is 6.62. The van der Waals surface area contributed by atoms with E-state index >= 15 is 0 Å². The highest BCUT2D eigenvalue weighted by Crippen LogP contribution is 2.29. The largest absolute Gasteiger partial charge is 0.506 e. The van der Waals surface area contributed by atoms with E-state index in [1.165, 1.54) is 30.3 Å². The van der Waals surface area contributed by atoms with Gasteiger partial charge in [-0.3, -0.25) is 9.52 Å². The lowest BCUT2D eigenvalue weighted by Crippen LogP contribution is -2.57. The van der Waals surface area contributed by atoms with Gasteiger partial charge in [0.15, 0.2) is 0 Å². The van der Waals surface area contributed by atoms with Crippen LogP contribution in [0.5, 0.6) is 5.75 Å². The Hall–Kier alpha value is -2.91. The number of carbonyl (C=O) groups is 1. The molecule has 0 aliphatic carbocycles. The highest BCUT2D eigenvalue weighted by atomic mass is 32.2. The van der Waals surface area contributed by atoms with Crippen LogP contribution in [0.2, 0.25) is 0 Å². The second kappa shape index (κ2) is 12.9. The minimum Gasteiger partial charge on any atom is -0.506 e. The van der Waals surface area contributed by atoms with E-state index < -0.39 is 43.6 Å². The SMILES string of the molecule is CC[C@@](NS(=O)(=O)c1ccc(N2CCC(NC[C@H](O)c3ccc(O)c(NS(C)(=O)=O)c3)CC2)cc1)(C(=O)O)C(C)C. The Kier molecular flexibility index (Phi) is 10.3. The maximum Gasteiger partial charge on any atom is 0.325 e. The maximum absolute atomic E-state index is 13.0. The van der Waals surface area contributed by atoms with Crippen LogP contribution in [-0.2, 0) is 24.8 Å². The van der Waals surface area contributed by atoms with Crippen LogP contribution < -0.4 is 19.7 Å². The Morgan fingerprint density at radius 1 is 1.07 bits per heavy atom. The first-order valence-electron chi connectivity index (χ1n) is 13.4. The van der Waals surface area contributed by atoms with Gasteiger partial charge in [0.2, 0.25) is 20.0 Å². The molecule has 0 bridgehead atoms. The number of aliphatic hydroxyl groups excluding tert-OH is 1. The number of hydrogen-bond acceptors (Lipinski definition) is 9. The highest BCUT2D eigenvalue weighted by Gasteiger charge is 2.43. The minimum absolute atomic E-state index is 0.00143. The van der Waals surface area contributed by atoms with Crippen molar-refractivity contribution in [3.05, 3.63) is 48.0 Å². The first kappa shape index (κ1) is 32.6. The molecule has 2 aromatic rings. The van der Waals surface area contributed by atoms with Gasteiger partial charge in [-0.2, -0.15) is 4.72 Å². The molecule has 228 valence electrons. The number of carboxylic acid groups (broad SMARTS) is 1. The molecule has 1 heterocycles. The van der Waals surface area contributed by atoms with E-state index in [-0.39, 0.29) is 35.3 Å². The van der Waals surface area contributed by atoms with Crippen molar-refractivity contribution in [2.24, 2.45) is 5.92 Å². The van der Waals surface area contributed by atoms with Gasteiger partial charge >= 0.3 is 5.97 Å². The fourth-order valence-electron chi connectivity index (χ4n) is 4.96. The molecule has 6 N–H and O–H groups in total. The fourth-order valence-corrected chi connectivity index (χ4v) is 7.08. The molecular formula is C27H40N4O8S2. The maximum atomic E-state index is 13.0. The number of rotatable bonds is 13. The minimum atomic E-state index is -4.06. The van der Waals surface area contributed by atoms with Crippen molar-refractivity contribution in [2.45, 2.75) is 62.6 Å². The average Bonchev–Trinajstić information content (AvgIpc) is 2.91. The molecule has 0 radical (unpaired) electrons. The first-order chi connectivity index (χ1) is 19.1. The lowest BCUT2D eigenvalue weighted by Gasteiger charge is -2.35. The molecule has 2 aromatic carbocycles. The Bertz CT molecular complexity index is 1420. The van der Waals surface area contributed by atoms with Gasteiger partial charge in [0.25, 0.3) is 0 Å². The first-order valence-corrected chi connectivity index (χ1v) is 16.8. The van der Waals surface area contributed by atoms with Crippen molar-refractivity contribution < 1.29 is 36.9 Å². The van der Waals surface area contributed by atoms with Gasteiger partial charge in [0.05, 0.1) is 22.9 Å². The molecule has 0 saturated carbocycles. The predicted octanol–water partition coefficient (Wildman–Crippen LogP) is 2.22. The molecule has 1 aliphatic rings. The topological polar surface area (TPSA) is 185 Å². The standard InChI is InChI=1S/C27H40N4O8S2/c1-5-27(18(2)3,26(34)35)30-41(38,39)22-9-7-21(8-10-22)31-14-12-20(13-15-31)28-17-25(33)19-6-11-24(32)23(16-19)29-40(4,36)37/h6-11,16,18,20,25,28-30,32-33H,5,12-15,17H2,1-4H3,(H,34,35)/t25-,27-/m0/s1. The van der Waals surface area contributed by atoms with Crippen molar-refractivity contribution >= 4 is 37.4 Å². The van der Waals surface area contributed by atoms with Crippen molar-refractivity contribution in [1.29, 1.82) is 0 Å². The number of benzene rings is 2. The smallest absolute Gasteiger partial charge is 0.325 e. The molecule has 1 saturated heterocycles. The van der Waals surface area contributed by atoms with E-state index in [0.717, 1.165) is 24.8 Å².